The second-order valence-electron chi connectivity index (χ2n) is 7.31. The van der Waals surface area contributed by atoms with E-state index in [1.54, 1.807) is 0 Å². The number of aromatic amines is 1. The van der Waals surface area contributed by atoms with Crippen LogP contribution in [0.3, 0.4) is 0 Å². The molecule has 2 aliphatic heterocycles. The highest BCUT2D eigenvalue weighted by molar-refractivity contribution is 6.03. The van der Waals surface area contributed by atoms with Crippen LogP contribution in [-0.2, 0) is 25.6 Å². The van der Waals surface area contributed by atoms with Gasteiger partial charge in [0, 0.05) is 39.0 Å². The van der Waals surface area contributed by atoms with Gasteiger partial charge in [0.25, 0.3) is 0 Å². The number of urea groups is 1. The summed E-state index contributed by atoms with van der Waals surface area (Å²) >= 11 is 0. The first-order valence-corrected chi connectivity index (χ1v) is 9.68. The highest BCUT2D eigenvalue weighted by Gasteiger charge is 2.39. The van der Waals surface area contributed by atoms with E-state index in [9.17, 15) is 24.0 Å². The Balaban J connectivity index is 1.76. The number of nitrogens with zero attached hydrogens (tertiary/aromatic N) is 3. The van der Waals surface area contributed by atoms with Crippen LogP contribution in [0.25, 0.3) is 0 Å². The van der Waals surface area contributed by atoms with Crippen molar-refractivity contribution >= 4 is 29.7 Å². The van der Waals surface area contributed by atoms with Crippen molar-refractivity contribution in [2.75, 3.05) is 20.6 Å². The van der Waals surface area contributed by atoms with Gasteiger partial charge in [0.05, 0.1) is 12.7 Å². The van der Waals surface area contributed by atoms with E-state index in [1.807, 2.05) is 0 Å². The molecule has 2 fully saturated rings. The maximum Gasteiger partial charge on any atom is 0.324 e. The summed E-state index contributed by atoms with van der Waals surface area (Å²) in [5.74, 6) is -1.80. The predicted octanol–water partition coefficient (Wildman–Crippen LogP) is -1.89. The van der Waals surface area contributed by atoms with E-state index in [0.717, 1.165) is 4.90 Å². The molecule has 2 aliphatic rings. The minimum Gasteiger partial charge on any atom is -0.357 e. The Hall–Kier alpha value is -3.44. The minimum atomic E-state index is -1.08. The van der Waals surface area contributed by atoms with E-state index >= 15 is 0 Å². The molecule has 2 saturated heterocycles. The highest BCUT2D eigenvalue weighted by atomic mass is 16.2. The smallest absolute Gasteiger partial charge is 0.324 e. The Morgan fingerprint density at radius 2 is 2.07 bits per heavy atom. The standard InChI is InChI=1S/C18H25N7O5/c1-19-16(28)13-4-3-5-25(13)17(29)12(6-10-8-20-9-21-10)22-15(27)11-7-14(26)24(2)18(30)23-11/h8-9,11-13H,3-7H2,1-2H3,(H,19,28)(H,20,21)(H,22,27)(H,23,30)/t11?,12-,13-/m0/s1. The lowest BCUT2D eigenvalue weighted by Gasteiger charge is -2.31. The summed E-state index contributed by atoms with van der Waals surface area (Å²) in [6.45, 7) is 0.399. The van der Waals surface area contributed by atoms with Crippen LogP contribution in [0.15, 0.2) is 12.5 Å². The zero-order chi connectivity index (χ0) is 21.8. The number of hydrogen-bond donors (Lipinski definition) is 4. The normalized spacial score (nSPS) is 22.5. The summed E-state index contributed by atoms with van der Waals surface area (Å²) in [7, 11) is 2.83. The summed E-state index contributed by atoms with van der Waals surface area (Å²) in [5, 5.41) is 7.65. The summed E-state index contributed by atoms with van der Waals surface area (Å²) in [5.41, 5.74) is 0.618. The number of likely N-dealkylation sites (tertiary alicyclic amines) is 1. The minimum absolute atomic E-state index is 0.121. The van der Waals surface area contributed by atoms with Crippen LogP contribution in [0.2, 0.25) is 0 Å². The van der Waals surface area contributed by atoms with Gasteiger partial charge >= 0.3 is 6.03 Å². The molecule has 0 spiro atoms. The lowest BCUT2D eigenvalue weighted by atomic mass is 10.1. The molecular weight excluding hydrogens is 394 g/mol. The van der Waals surface area contributed by atoms with Gasteiger partial charge in [-0.2, -0.15) is 0 Å². The first-order chi connectivity index (χ1) is 14.3. The van der Waals surface area contributed by atoms with Crippen molar-refractivity contribution < 1.29 is 24.0 Å². The zero-order valence-electron chi connectivity index (χ0n) is 16.8. The summed E-state index contributed by atoms with van der Waals surface area (Å²) in [4.78, 5) is 71.0. The molecule has 3 rings (SSSR count). The van der Waals surface area contributed by atoms with E-state index in [4.69, 9.17) is 0 Å². The first-order valence-electron chi connectivity index (χ1n) is 9.68. The summed E-state index contributed by atoms with van der Waals surface area (Å²) in [6.07, 6.45) is 4.12. The number of nitrogens with one attached hydrogen (secondary N) is 4. The van der Waals surface area contributed by atoms with Gasteiger partial charge in [-0.25, -0.2) is 9.78 Å². The molecule has 4 N–H and O–H groups in total. The lowest BCUT2D eigenvalue weighted by Crippen LogP contribution is -2.61. The number of imidazole rings is 1. The number of amides is 6. The fourth-order valence-corrected chi connectivity index (χ4v) is 3.64. The number of hydrogen-bond acceptors (Lipinski definition) is 6. The number of H-pyrrole nitrogens is 1. The molecule has 1 unspecified atom stereocenters. The third kappa shape index (κ3) is 4.42. The fraction of sp³-hybridized carbons (Fsp3) is 0.556. The molecule has 0 bridgehead atoms. The number of imide groups is 1. The largest absolute Gasteiger partial charge is 0.357 e. The molecule has 0 radical (unpaired) electrons. The number of likely N-dealkylation sites (N-methyl/N-ethyl adjacent to an activating group) is 1. The van der Waals surface area contributed by atoms with Gasteiger partial charge in [0.15, 0.2) is 0 Å². The average molecular weight is 419 g/mol. The first kappa shape index (κ1) is 21.3. The van der Waals surface area contributed by atoms with Crippen LogP contribution in [0.1, 0.15) is 25.0 Å². The van der Waals surface area contributed by atoms with Gasteiger partial charge in [0.1, 0.15) is 18.1 Å². The Kier molecular flexibility index (Phi) is 6.33. The van der Waals surface area contributed by atoms with E-state index in [2.05, 4.69) is 25.9 Å². The second-order valence-corrected chi connectivity index (χ2v) is 7.31. The molecule has 1 aromatic rings. The van der Waals surface area contributed by atoms with Crippen LogP contribution in [0.4, 0.5) is 4.79 Å². The van der Waals surface area contributed by atoms with E-state index in [0.29, 0.717) is 25.1 Å². The molecule has 0 saturated carbocycles. The van der Waals surface area contributed by atoms with Gasteiger partial charge in [-0.3, -0.25) is 24.1 Å². The van der Waals surface area contributed by atoms with Gasteiger partial charge in [-0.15, -0.1) is 0 Å². The summed E-state index contributed by atoms with van der Waals surface area (Å²) in [6, 6.07) is -3.35. The van der Waals surface area contributed by atoms with E-state index in [1.165, 1.54) is 31.5 Å². The van der Waals surface area contributed by atoms with Crippen molar-refractivity contribution in [3.8, 4) is 0 Å². The molecular formula is C18H25N7O5. The SMILES string of the molecule is CNC(=O)[C@@H]1CCCN1C(=O)[C@H](Cc1cnc[nH]1)NC(=O)C1CC(=O)N(C)C(=O)N1. The molecule has 30 heavy (non-hydrogen) atoms. The Morgan fingerprint density at radius 1 is 1.30 bits per heavy atom. The fourth-order valence-electron chi connectivity index (χ4n) is 3.64. The summed E-state index contributed by atoms with van der Waals surface area (Å²) < 4.78 is 0. The van der Waals surface area contributed by atoms with Crippen molar-refractivity contribution in [1.82, 2.24) is 35.7 Å². The maximum absolute atomic E-state index is 13.2. The maximum atomic E-state index is 13.2. The highest BCUT2D eigenvalue weighted by Crippen LogP contribution is 2.19. The number of rotatable bonds is 6. The van der Waals surface area contributed by atoms with Gasteiger partial charge in [0.2, 0.25) is 23.6 Å². The number of carbonyl (C=O) groups is 5. The van der Waals surface area contributed by atoms with Crippen LogP contribution >= 0.6 is 0 Å². The Bertz CT molecular complexity index is 822. The molecule has 1 aromatic heterocycles. The monoisotopic (exact) mass is 419 g/mol. The molecule has 0 aliphatic carbocycles. The molecule has 3 heterocycles. The quantitative estimate of drug-likeness (QED) is 0.422. The van der Waals surface area contributed by atoms with Crippen molar-refractivity contribution in [2.45, 2.75) is 43.8 Å². The molecule has 6 amide bonds. The average Bonchev–Trinajstić information content (AvgIpc) is 3.41. The molecule has 12 nitrogen and oxygen atoms in total. The molecule has 0 aromatic carbocycles. The van der Waals surface area contributed by atoms with Gasteiger partial charge in [-0.05, 0) is 12.8 Å². The van der Waals surface area contributed by atoms with Crippen molar-refractivity contribution in [3.63, 3.8) is 0 Å². The third-order valence-corrected chi connectivity index (χ3v) is 5.35. The molecule has 162 valence electrons. The van der Waals surface area contributed by atoms with Crippen molar-refractivity contribution in [2.24, 2.45) is 0 Å². The van der Waals surface area contributed by atoms with Gasteiger partial charge < -0.3 is 25.8 Å². The van der Waals surface area contributed by atoms with Crippen LogP contribution in [-0.4, -0.2) is 88.2 Å². The van der Waals surface area contributed by atoms with E-state index < -0.39 is 41.9 Å². The third-order valence-electron chi connectivity index (χ3n) is 5.35. The van der Waals surface area contributed by atoms with Gasteiger partial charge in [-0.1, -0.05) is 0 Å². The van der Waals surface area contributed by atoms with Crippen LogP contribution < -0.4 is 16.0 Å². The van der Waals surface area contributed by atoms with Crippen LogP contribution in [0.5, 0.6) is 0 Å². The number of aromatic nitrogens is 2. The number of carbonyl (C=O) groups excluding carboxylic acids is 5. The Morgan fingerprint density at radius 3 is 2.70 bits per heavy atom. The van der Waals surface area contributed by atoms with E-state index in [-0.39, 0.29) is 18.7 Å². The topological polar surface area (TPSA) is 157 Å². The Labute approximate surface area is 172 Å². The zero-order valence-corrected chi connectivity index (χ0v) is 16.8. The van der Waals surface area contributed by atoms with Crippen LogP contribution in [0, 0.1) is 0 Å². The predicted molar refractivity (Wildman–Crippen MR) is 103 cm³/mol. The lowest BCUT2D eigenvalue weighted by molar-refractivity contribution is -0.142. The molecule has 12 heteroatoms. The van der Waals surface area contributed by atoms with Crippen molar-refractivity contribution in [1.29, 1.82) is 0 Å². The second kappa shape index (κ2) is 8.93. The molecule has 3 atom stereocenters. The van der Waals surface area contributed by atoms with Crippen molar-refractivity contribution in [3.05, 3.63) is 18.2 Å².